The van der Waals surface area contributed by atoms with Gasteiger partial charge in [-0.2, -0.15) is 10.1 Å². The minimum Gasteiger partial charge on any atom is -0.497 e. The van der Waals surface area contributed by atoms with Crippen molar-refractivity contribution in [3.05, 3.63) is 101 Å². The number of ether oxygens (including phenoxy) is 1. The summed E-state index contributed by atoms with van der Waals surface area (Å²) < 4.78 is 7.14. The van der Waals surface area contributed by atoms with Crippen molar-refractivity contribution >= 4 is 65.5 Å². The van der Waals surface area contributed by atoms with E-state index in [1.165, 1.54) is 16.3 Å². The van der Waals surface area contributed by atoms with Gasteiger partial charge in [0, 0.05) is 10.0 Å². The highest BCUT2D eigenvalue weighted by molar-refractivity contribution is 9.10. The average Bonchev–Trinajstić information content (AvgIpc) is 3.27. The summed E-state index contributed by atoms with van der Waals surface area (Å²) in [6.07, 6.45) is 1.65. The molecular formula is C26H18BrN3O2S. The van der Waals surface area contributed by atoms with Gasteiger partial charge in [0.2, 0.25) is 5.13 Å². The number of anilines is 1. The number of hydrogen-bond donors (Lipinski definition) is 0. The van der Waals surface area contributed by atoms with E-state index in [9.17, 15) is 4.79 Å². The van der Waals surface area contributed by atoms with Crippen molar-refractivity contribution in [2.24, 2.45) is 5.10 Å². The van der Waals surface area contributed by atoms with Gasteiger partial charge in [-0.3, -0.25) is 4.79 Å². The standard InChI is InChI=1S/C26H18BrN3O2S/c1-32-22-11-6-17(7-12-22)16-28-30(26-29-23-13-10-21(27)15-24(23)33-26)25(31)20-9-8-18-4-2-3-5-19(18)14-20/h2-16H,1H3/b28-16+. The predicted octanol–water partition coefficient (Wildman–Crippen LogP) is 6.90. The van der Waals surface area contributed by atoms with E-state index in [1.54, 1.807) is 13.3 Å². The molecule has 7 heteroatoms. The molecule has 0 fully saturated rings. The molecule has 162 valence electrons. The van der Waals surface area contributed by atoms with Crippen molar-refractivity contribution in [2.75, 3.05) is 12.1 Å². The number of methoxy groups -OCH3 is 1. The van der Waals surface area contributed by atoms with Crippen molar-refractivity contribution in [1.82, 2.24) is 4.98 Å². The summed E-state index contributed by atoms with van der Waals surface area (Å²) in [5, 5.41) is 8.49. The first-order valence-electron chi connectivity index (χ1n) is 10.2. The number of halogens is 1. The highest BCUT2D eigenvalue weighted by Crippen LogP contribution is 2.32. The lowest BCUT2D eigenvalue weighted by Crippen LogP contribution is -2.25. The molecule has 5 rings (SSSR count). The predicted molar refractivity (Wildman–Crippen MR) is 139 cm³/mol. The molecule has 0 saturated heterocycles. The van der Waals surface area contributed by atoms with Gasteiger partial charge >= 0.3 is 0 Å². The summed E-state index contributed by atoms with van der Waals surface area (Å²) in [7, 11) is 1.62. The molecule has 0 aliphatic carbocycles. The van der Waals surface area contributed by atoms with Gasteiger partial charge in [0.05, 0.1) is 23.5 Å². The molecule has 1 aromatic heterocycles. The lowest BCUT2D eigenvalue weighted by Gasteiger charge is -2.14. The van der Waals surface area contributed by atoms with Crippen LogP contribution in [0.5, 0.6) is 5.75 Å². The van der Waals surface area contributed by atoms with Gasteiger partial charge in [-0.15, -0.1) is 0 Å². The zero-order chi connectivity index (χ0) is 22.8. The number of fused-ring (bicyclic) bond motifs is 2. The fourth-order valence-electron chi connectivity index (χ4n) is 3.42. The Morgan fingerprint density at radius 1 is 1.00 bits per heavy atom. The number of nitrogens with zero attached hydrogens (tertiary/aromatic N) is 3. The first-order valence-corrected chi connectivity index (χ1v) is 11.8. The Balaban J connectivity index is 1.56. The number of thiazole rings is 1. The topological polar surface area (TPSA) is 54.8 Å². The number of benzene rings is 4. The van der Waals surface area contributed by atoms with Crippen LogP contribution in [0.1, 0.15) is 15.9 Å². The van der Waals surface area contributed by atoms with Gasteiger partial charge in [-0.1, -0.05) is 57.6 Å². The lowest BCUT2D eigenvalue weighted by molar-refractivity contribution is 0.0988. The smallest absolute Gasteiger partial charge is 0.280 e. The second-order valence-corrected chi connectivity index (χ2v) is 9.23. The van der Waals surface area contributed by atoms with Crippen LogP contribution in [0.15, 0.2) is 94.5 Å². The highest BCUT2D eigenvalue weighted by Gasteiger charge is 2.21. The molecule has 0 atom stereocenters. The number of rotatable bonds is 5. The van der Waals surface area contributed by atoms with E-state index in [2.05, 4.69) is 26.0 Å². The van der Waals surface area contributed by atoms with Crippen LogP contribution in [0.25, 0.3) is 21.0 Å². The zero-order valence-corrected chi connectivity index (χ0v) is 20.0. The molecule has 0 aliphatic heterocycles. The summed E-state index contributed by atoms with van der Waals surface area (Å²) in [5.41, 5.74) is 2.20. The molecular weight excluding hydrogens is 498 g/mol. The van der Waals surface area contributed by atoms with Crippen LogP contribution in [0.2, 0.25) is 0 Å². The van der Waals surface area contributed by atoms with Gasteiger partial charge in [-0.25, -0.2) is 4.98 Å². The fourth-order valence-corrected chi connectivity index (χ4v) is 4.90. The normalized spacial score (nSPS) is 11.3. The SMILES string of the molecule is COc1ccc(/C=N/N(C(=O)c2ccc3ccccc3c2)c2nc3ccc(Br)cc3s2)cc1. The zero-order valence-electron chi connectivity index (χ0n) is 17.6. The maximum Gasteiger partial charge on any atom is 0.280 e. The fraction of sp³-hybridized carbons (Fsp3) is 0.0385. The molecule has 0 bridgehead atoms. The van der Waals surface area contributed by atoms with Gasteiger partial charge < -0.3 is 4.74 Å². The number of aromatic nitrogens is 1. The summed E-state index contributed by atoms with van der Waals surface area (Å²) in [6.45, 7) is 0. The van der Waals surface area contributed by atoms with Crippen molar-refractivity contribution in [3.8, 4) is 5.75 Å². The van der Waals surface area contributed by atoms with Crippen LogP contribution in [-0.4, -0.2) is 24.2 Å². The van der Waals surface area contributed by atoms with E-state index < -0.39 is 0 Å². The first-order chi connectivity index (χ1) is 16.1. The summed E-state index contributed by atoms with van der Waals surface area (Å²) >= 11 is 4.92. The molecule has 0 spiro atoms. The number of amides is 1. The number of carbonyl (C=O) groups is 1. The van der Waals surface area contributed by atoms with Crippen molar-refractivity contribution in [1.29, 1.82) is 0 Å². The average molecular weight is 516 g/mol. The van der Waals surface area contributed by atoms with Crippen molar-refractivity contribution in [2.45, 2.75) is 0 Å². The number of carbonyl (C=O) groups excluding carboxylic acids is 1. The van der Waals surface area contributed by atoms with E-state index >= 15 is 0 Å². The molecule has 0 unspecified atom stereocenters. The Morgan fingerprint density at radius 3 is 2.58 bits per heavy atom. The number of hydrazone groups is 1. The van der Waals surface area contributed by atoms with Gasteiger partial charge in [-0.05, 0) is 70.9 Å². The van der Waals surface area contributed by atoms with Crippen molar-refractivity contribution in [3.63, 3.8) is 0 Å². The highest BCUT2D eigenvalue weighted by atomic mass is 79.9. The molecule has 5 nitrogen and oxygen atoms in total. The van der Waals surface area contributed by atoms with Crippen LogP contribution < -0.4 is 9.75 Å². The maximum absolute atomic E-state index is 13.6. The summed E-state index contributed by atoms with van der Waals surface area (Å²) in [6, 6.07) is 26.9. The van der Waals surface area contributed by atoms with E-state index in [0.717, 1.165) is 36.8 Å². The Morgan fingerprint density at radius 2 is 1.79 bits per heavy atom. The second kappa shape index (κ2) is 9.13. The third-order valence-corrected chi connectivity index (χ3v) is 6.63. The van der Waals surface area contributed by atoms with Gasteiger partial charge in [0.15, 0.2) is 0 Å². The van der Waals surface area contributed by atoms with Crippen LogP contribution in [0.4, 0.5) is 5.13 Å². The monoisotopic (exact) mass is 515 g/mol. The first kappa shape index (κ1) is 21.3. The third-order valence-electron chi connectivity index (χ3n) is 5.15. The maximum atomic E-state index is 13.6. The van der Waals surface area contributed by atoms with Crippen LogP contribution >= 0.6 is 27.3 Å². The summed E-state index contributed by atoms with van der Waals surface area (Å²) in [5.74, 6) is 0.511. The van der Waals surface area contributed by atoms with E-state index in [0.29, 0.717) is 10.7 Å². The van der Waals surface area contributed by atoms with Gasteiger partial charge in [0.25, 0.3) is 5.91 Å². The van der Waals surface area contributed by atoms with Crippen LogP contribution in [-0.2, 0) is 0 Å². The molecule has 0 aliphatic rings. The second-order valence-electron chi connectivity index (χ2n) is 7.31. The minimum atomic E-state index is -0.247. The van der Waals surface area contributed by atoms with E-state index in [-0.39, 0.29) is 5.91 Å². The molecule has 4 aromatic carbocycles. The molecule has 1 amide bonds. The van der Waals surface area contributed by atoms with Crippen molar-refractivity contribution < 1.29 is 9.53 Å². The Bertz CT molecular complexity index is 1500. The van der Waals surface area contributed by atoms with Crippen LogP contribution in [0.3, 0.4) is 0 Å². The van der Waals surface area contributed by atoms with E-state index in [1.807, 2.05) is 84.9 Å². The number of hydrogen-bond acceptors (Lipinski definition) is 5. The minimum absolute atomic E-state index is 0.247. The third kappa shape index (κ3) is 4.51. The van der Waals surface area contributed by atoms with Gasteiger partial charge in [0.1, 0.15) is 5.75 Å². The molecule has 0 N–H and O–H groups in total. The largest absolute Gasteiger partial charge is 0.497 e. The van der Waals surface area contributed by atoms with E-state index in [4.69, 9.17) is 4.74 Å². The molecule has 0 radical (unpaired) electrons. The molecule has 0 saturated carbocycles. The summed E-state index contributed by atoms with van der Waals surface area (Å²) in [4.78, 5) is 18.3. The Labute approximate surface area is 203 Å². The molecule has 33 heavy (non-hydrogen) atoms. The molecule has 5 aromatic rings. The Kier molecular flexibility index (Phi) is 5.90. The lowest BCUT2D eigenvalue weighted by atomic mass is 10.1. The Hall–Kier alpha value is -3.55. The van der Waals surface area contributed by atoms with Crippen LogP contribution in [0, 0.1) is 0 Å². The molecule has 1 heterocycles. The quantitative estimate of drug-likeness (QED) is 0.189.